The zero-order chi connectivity index (χ0) is 19.0. The highest BCUT2D eigenvalue weighted by Gasteiger charge is 2.18. The van der Waals surface area contributed by atoms with Gasteiger partial charge >= 0.3 is 0 Å². The van der Waals surface area contributed by atoms with Crippen LogP contribution in [0.1, 0.15) is 67.7 Å². The number of hydrogen-bond acceptors (Lipinski definition) is 3. The minimum Gasteiger partial charge on any atom is -0.351 e. The highest BCUT2D eigenvalue weighted by Crippen LogP contribution is 2.26. The Bertz CT molecular complexity index is 976. The van der Waals surface area contributed by atoms with Crippen molar-refractivity contribution in [2.45, 2.75) is 65.0 Å². The van der Waals surface area contributed by atoms with Gasteiger partial charge in [-0.1, -0.05) is 39.3 Å². The Morgan fingerprint density at radius 2 is 2.04 bits per heavy atom. The Morgan fingerprint density at radius 3 is 2.85 bits per heavy atom. The first-order chi connectivity index (χ1) is 12.9. The van der Waals surface area contributed by atoms with Crippen molar-refractivity contribution in [3.05, 3.63) is 47.2 Å². The molecule has 1 amide bonds. The van der Waals surface area contributed by atoms with E-state index in [1.54, 1.807) is 0 Å². The number of aromatic amines is 1. The smallest absolute Gasteiger partial charge is 0.268 e. The van der Waals surface area contributed by atoms with E-state index in [1.165, 1.54) is 12.0 Å². The predicted octanol–water partition coefficient (Wildman–Crippen LogP) is 3.71. The van der Waals surface area contributed by atoms with Gasteiger partial charge in [0.25, 0.3) is 5.91 Å². The molecule has 0 radical (unpaired) electrons. The largest absolute Gasteiger partial charge is 0.351 e. The summed E-state index contributed by atoms with van der Waals surface area (Å²) in [5.74, 6) is 1.76. The summed E-state index contributed by atoms with van der Waals surface area (Å²) in [6, 6.07) is 8.23. The molecular formula is C21H27N5O. The van der Waals surface area contributed by atoms with Crippen LogP contribution in [0.25, 0.3) is 10.9 Å². The molecule has 0 spiro atoms. The standard InChI is InChI=1S/C21H27N5O/c1-21(2,3)15-9-8-14-11-17(23-16(14)12-15)20(27)22-13-19-25-24-18-7-5-4-6-10-26(18)19/h8-9,11-12,23H,4-7,10,13H2,1-3H3,(H,22,27). The molecule has 0 atom stereocenters. The molecule has 1 aromatic carbocycles. The van der Waals surface area contributed by atoms with Crippen LogP contribution in [0.5, 0.6) is 0 Å². The van der Waals surface area contributed by atoms with Gasteiger partial charge in [0, 0.05) is 23.9 Å². The van der Waals surface area contributed by atoms with Crippen molar-refractivity contribution in [2.24, 2.45) is 0 Å². The van der Waals surface area contributed by atoms with Gasteiger partial charge in [0.15, 0.2) is 5.82 Å². The number of aryl methyl sites for hydroxylation is 1. The van der Waals surface area contributed by atoms with Crippen molar-refractivity contribution < 1.29 is 4.79 Å². The molecule has 1 aliphatic heterocycles. The monoisotopic (exact) mass is 365 g/mol. The minimum atomic E-state index is -0.116. The number of carbonyl (C=O) groups is 1. The van der Waals surface area contributed by atoms with Crippen molar-refractivity contribution in [3.8, 4) is 0 Å². The molecule has 3 heterocycles. The average Bonchev–Trinajstić information content (AvgIpc) is 3.15. The van der Waals surface area contributed by atoms with E-state index in [1.807, 2.05) is 6.07 Å². The molecule has 0 saturated carbocycles. The summed E-state index contributed by atoms with van der Waals surface area (Å²) in [4.78, 5) is 15.9. The summed E-state index contributed by atoms with van der Waals surface area (Å²) in [6.07, 6.45) is 4.50. The second-order valence-electron chi connectivity index (χ2n) is 8.41. The fraction of sp³-hybridized carbons (Fsp3) is 0.476. The molecule has 0 unspecified atom stereocenters. The lowest BCUT2D eigenvalue weighted by atomic mass is 9.87. The SMILES string of the molecule is CC(C)(C)c1ccc2cc(C(=O)NCc3nnc4n3CCCCC4)[nH]c2c1. The van der Waals surface area contributed by atoms with Gasteiger partial charge in [-0.2, -0.15) is 0 Å². The van der Waals surface area contributed by atoms with Gasteiger partial charge in [0.05, 0.1) is 6.54 Å². The summed E-state index contributed by atoms with van der Waals surface area (Å²) >= 11 is 0. The molecule has 0 aliphatic carbocycles. The van der Waals surface area contributed by atoms with Crippen molar-refractivity contribution >= 4 is 16.8 Å². The van der Waals surface area contributed by atoms with Gasteiger partial charge in [-0.25, -0.2) is 0 Å². The molecule has 0 bridgehead atoms. The number of fused-ring (bicyclic) bond motifs is 2. The summed E-state index contributed by atoms with van der Waals surface area (Å²) < 4.78 is 2.16. The zero-order valence-corrected chi connectivity index (χ0v) is 16.3. The topological polar surface area (TPSA) is 75.6 Å². The van der Waals surface area contributed by atoms with Crippen LogP contribution in [0.3, 0.4) is 0 Å². The maximum Gasteiger partial charge on any atom is 0.268 e. The van der Waals surface area contributed by atoms with E-state index < -0.39 is 0 Å². The highest BCUT2D eigenvalue weighted by molar-refractivity contribution is 5.98. The molecule has 2 N–H and O–H groups in total. The molecule has 6 heteroatoms. The number of hydrogen-bond donors (Lipinski definition) is 2. The van der Waals surface area contributed by atoms with Crippen LogP contribution in [0.2, 0.25) is 0 Å². The first-order valence-corrected chi connectivity index (χ1v) is 9.74. The summed E-state index contributed by atoms with van der Waals surface area (Å²) in [6.45, 7) is 7.90. The predicted molar refractivity (Wildman–Crippen MR) is 106 cm³/mol. The lowest BCUT2D eigenvalue weighted by molar-refractivity contribution is 0.0945. The summed E-state index contributed by atoms with van der Waals surface area (Å²) in [5.41, 5.74) is 2.89. The fourth-order valence-corrected chi connectivity index (χ4v) is 3.65. The maximum absolute atomic E-state index is 12.6. The van der Waals surface area contributed by atoms with Crippen LogP contribution >= 0.6 is 0 Å². The van der Waals surface area contributed by atoms with E-state index in [2.05, 4.69) is 64.0 Å². The third kappa shape index (κ3) is 3.61. The Balaban J connectivity index is 1.49. The average molecular weight is 365 g/mol. The molecule has 4 rings (SSSR count). The Hall–Kier alpha value is -2.63. The Morgan fingerprint density at radius 1 is 1.19 bits per heavy atom. The molecule has 27 heavy (non-hydrogen) atoms. The van der Waals surface area contributed by atoms with E-state index in [4.69, 9.17) is 0 Å². The minimum absolute atomic E-state index is 0.0766. The molecule has 6 nitrogen and oxygen atoms in total. The van der Waals surface area contributed by atoms with Gasteiger partial charge < -0.3 is 14.9 Å². The summed E-state index contributed by atoms with van der Waals surface area (Å²) in [5, 5.41) is 12.6. The quantitative estimate of drug-likeness (QED) is 0.743. The number of carbonyl (C=O) groups excluding carboxylic acids is 1. The third-order valence-electron chi connectivity index (χ3n) is 5.33. The number of H-pyrrole nitrogens is 1. The van der Waals surface area contributed by atoms with Gasteiger partial charge in [0.1, 0.15) is 11.5 Å². The number of aromatic nitrogens is 4. The van der Waals surface area contributed by atoms with Gasteiger partial charge in [0.2, 0.25) is 0 Å². The normalized spacial score (nSPS) is 14.8. The van der Waals surface area contributed by atoms with E-state index in [9.17, 15) is 4.79 Å². The number of nitrogens with one attached hydrogen (secondary N) is 2. The molecule has 0 fully saturated rings. The van der Waals surface area contributed by atoms with Crippen LogP contribution in [-0.2, 0) is 24.9 Å². The first-order valence-electron chi connectivity index (χ1n) is 9.74. The lowest BCUT2D eigenvalue weighted by Crippen LogP contribution is -2.25. The molecule has 142 valence electrons. The zero-order valence-electron chi connectivity index (χ0n) is 16.3. The first kappa shape index (κ1) is 17.8. The number of rotatable bonds is 3. The van der Waals surface area contributed by atoms with Crippen LogP contribution in [0, 0.1) is 0 Å². The number of amides is 1. The van der Waals surface area contributed by atoms with Gasteiger partial charge in [-0.15, -0.1) is 10.2 Å². The van der Waals surface area contributed by atoms with Gasteiger partial charge in [-0.3, -0.25) is 4.79 Å². The lowest BCUT2D eigenvalue weighted by Gasteiger charge is -2.18. The van der Waals surface area contributed by atoms with E-state index in [0.29, 0.717) is 12.2 Å². The van der Waals surface area contributed by atoms with E-state index in [0.717, 1.165) is 48.4 Å². The Labute approximate surface area is 159 Å². The summed E-state index contributed by atoms with van der Waals surface area (Å²) in [7, 11) is 0. The number of benzene rings is 1. The van der Waals surface area contributed by atoms with Crippen LogP contribution in [0.4, 0.5) is 0 Å². The molecule has 2 aromatic heterocycles. The van der Waals surface area contributed by atoms with Crippen LogP contribution in [-0.4, -0.2) is 25.7 Å². The molecule has 3 aromatic rings. The molecular weight excluding hydrogens is 338 g/mol. The third-order valence-corrected chi connectivity index (χ3v) is 5.33. The second kappa shape index (κ2) is 6.83. The molecule has 1 aliphatic rings. The van der Waals surface area contributed by atoms with E-state index in [-0.39, 0.29) is 11.3 Å². The molecule has 0 saturated heterocycles. The Kier molecular flexibility index (Phi) is 4.50. The van der Waals surface area contributed by atoms with Gasteiger partial charge in [-0.05, 0) is 36.0 Å². The van der Waals surface area contributed by atoms with Crippen molar-refractivity contribution in [3.63, 3.8) is 0 Å². The fourth-order valence-electron chi connectivity index (χ4n) is 3.65. The maximum atomic E-state index is 12.6. The van der Waals surface area contributed by atoms with Crippen molar-refractivity contribution in [1.82, 2.24) is 25.1 Å². The van der Waals surface area contributed by atoms with Crippen molar-refractivity contribution in [1.29, 1.82) is 0 Å². The number of nitrogens with zero attached hydrogens (tertiary/aromatic N) is 3. The van der Waals surface area contributed by atoms with Crippen molar-refractivity contribution in [2.75, 3.05) is 0 Å². The van der Waals surface area contributed by atoms with E-state index >= 15 is 0 Å². The second-order valence-corrected chi connectivity index (χ2v) is 8.41. The highest BCUT2D eigenvalue weighted by atomic mass is 16.1. The van der Waals surface area contributed by atoms with Crippen LogP contribution in [0.15, 0.2) is 24.3 Å². The van der Waals surface area contributed by atoms with Crippen LogP contribution < -0.4 is 5.32 Å².